The Balaban J connectivity index is 1.58. The van der Waals surface area contributed by atoms with Crippen molar-refractivity contribution in [1.82, 2.24) is 19.7 Å². The number of benzene rings is 1. The van der Waals surface area contributed by atoms with Crippen LogP contribution in [0.4, 0.5) is 4.79 Å². The van der Waals surface area contributed by atoms with Crippen molar-refractivity contribution in [3.8, 4) is 0 Å². The largest absolute Gasteiger partial charge is 0.348 e. The summed E-state index contributed by atoms with van der Waals surface area (Å²) in [6.45, 7) is 7.30. The van der Waals surface area contributed by atoms with E-state index in [4.69, 9.17) is 11.6 Å². The van der Waals surface area contributed by atoms with Crippen molar-refractivity contribution in [2.24, 2.45) is 0 Å². The average molecular weight is 429 g/mol. The van der Waals surface area contributed by atoms with Gasteiger partial charge in [-0.2, -0.15) is 0 Å². The Morgan fingerprint density at radius 3 is 2.47 bits per heavy atom. The third kappa shape index (κ3) is 4.48. The van der Waals surface area contributed by atoms with Crippen molar-refractivity contribution in [1.29, 1.82) is 0 Å². The Morgan fingerprint density at radius 2 is 1.83 bits per heavy atom. The maximum Gasteiger partial charge on any atom is 0.318 e. The lowest BCUT2D eigenvalue weighted by Gasteiger charge is -2.39. The van der Waals surface area contributed by atoms with E-state index in [-0.39, 0.29) is 36.1 Å². The first kappa shape index (κ1) is 20.8. The van der Waals surface area contributed by atoms with E-state index in [9.17, 15) is 9.59 Å². The molecular formula is C23H29ClN4O2. The Hall–Kier alpha value is -2.47. The van der Waals surface area contributed by atoms with E-state index < -0.39 is 0 Å². The number of aromatic nitrogens is 1. The van der Waals surface area contributed by atoms with E-state index in [1.807, 2.05) is 62.2 Å². The highest BCUT2D eigenvalue weighted by Gasteiger charge is 2.38. The third-order valence-electron chi connectivity index (χ3n) is 5.58. The van der Waals surface area contributed by atoms with Crippen molar-refractivity contribution in [3.05, 3.63) is 58.9 Å². The zero-order valence-corrected chi connectivity index (χ0v) is 18.5. The number of carbonyl (C=O) groups is 2. The zero-order chi connectivity index (χ0) is 21.5. The molecule has 3 amide bonds. The van der Waals surface area contributed by atoms with Crippen LogP contribution in [-0.2, 0) is 11.3 Å². The molecule has 4 rings (SSSR count). The van der Waals surface area contributed by atoms with Crippen LogP contribution < -0.4 is 5.32 Å². The van der Waals surface area contributed by atoms with Crippen LogP contribution in [0.25, 0.3) is 0 Å². The summed E-state index contributed by atoms with van der Waals surface area (Å²) in [5, 5.41) is 3.68. The molecule has 1 aromatic carbocycles. The number of rotatable bonds is 4. The molecule has 1 N–H and O–H groups in total. The van der Waals surface area contributed by atoms with Crippen LogP contribution in [0.1, 0.15) is 50.9 Å². The molecule has 0 bridgehead atoms. The van der Waals surface area contributed by atoms with E-state index in [1.165, 1.54) is 0 Å². The van der Waals surface area contributed by atoms with Crippen molar-refractivity contribution in [2.45, 2.75) is 57.8 Å². The summed E-state index contributed by atoms with van der Waals surface area (Å²) in [4.78, 5) is 29.9. The number of halogens is 1. The van der Waals surface area contributed by atoms with E-state index in [2.05, 4.69) is 16.0 Å². The predicted molar refractivity (Wildman–Crippen MR) is 117 cm³/mol. The molecule has 1 aromatic heterocycles. The SMILES string of the molecule is CC(C)(C)NC(=O)N(CC(=O)N1CCn2cccc2[C@@H]1c1ccc(Cl)cc1)C1CC1. The van der Waals surface area contributed by atoms with Gasteiger partial charge in [0.2, 0.25) is 5.91 Å². The van der Waals surface area contributed by atoms with Crippen LogP contribution in [-0.4, -0.2) is 51.0 Å². The first-order chi connectivity index (χ1) is 14.2. The lowest BCUT2D eigenvalue weighted by molar-refractivity contribution is -0.134. The van der Waals surface area contributed by atoms with Crippen LogP contribution >= 0.6 is 11.6 Å². The Morgan fingerprint density at radius 1 is 1.13 bits per heavy atom. The van der Waals surface area contributed by atoms with Gasteiger partial charge in [0.1, 0.15) is 6.54 Å². The van der Waals surface area contributed by atoms with Gasteiger partial charge in [0.15, 0.2) is 0 Å². The fraction of sp³-hybridized carbons (Fsp3) is 0.478. The molecule has 1 atom stereocenters. The Kier molecular flexibility index (Phi) is 5.53. The maximum absolute atomic E-state index is 13.5. The van der Waals surface area contributed by atoms with E-state index in [0.29, 0.717) is 11.6 Å². The molecule has 0 unspecified atom stereocenters. The molecule has 160 valence electrons. The number of fused-ring (bicyclic) bond motifs is 1. The van der Waals surface area contributed by atoms with Gasteiger partial charge >= 0.3 is 6.03 Å². The number of amides is 3. The zero-order valence-electron chi connectivity index (χ0n) is 17.8. The lowest BCUT2D eigenvalue weighted by Crippen LogP contribution is -2.53. The minimum Gasteiger partial charge on any atom is -0.348 e. The van der Waals surface area contributed by atoms with Crippen LogP contribution in [0.2, 0.25) is 5.02 Å². The second kappa shape index (κ2) is 7.99. The van der Waals surface area contributed by atoms with Gasteiger partial charge in [-0.1, -0.05) is 23.7 Å². The smallest absolute Gasteiger partial charge is 0.318 e. The molecule has 0 saturated heterocycles. The molecule has 1 aliphatic carbocycles. The second-order valence-electron chi connectivity index (χ2n) is 9.21. The van der Waals surface area contributed by atoms with Crippen LogP contribution in [0.3, 0.4) is 0 Å². The molecule has 1 fully saturated rings. The third-order valence-corrected chi connectivity index (χ3v) is 5.83. The number of hydrogen-bond acceptors (Lipinski definition) is 2. The van der Waals surface area contributed by atoms with Crippen LogP contribution in [0.15, 0.2) is 42.6 Å². The molecule has 2 heterocycles. The van der Waals surface area contributed by atoms with E-state index >= 15 is 0 Å². The molecule has 0 spiro atoms. The first-order valence-electron chi connectivity index (χ1n) is 10.5. The van der Waals surface area contributed by atoms with Gasteiger partial charge in [-0.3, -0.25) is 4.79 Å². The van der Waals surface area contributed by atoms with Gasteiger partial charge in [0, 0.05) is 41.6 Å². The highest BCUT2D eigenvalue weighted by Crippen LogP contribution is 2.34. The normalized spacial score (nSPS) is 18.7. The number of carbonyl (C=O) groups excluding carboxylic acids is 2. The van der Waals surface area contributed by atoms with Gasteiger partial charge in [-0.15, -0.1) is 0 Å². The quantitative estimate of drug-likeness (QED) is 0.798. The van der Waals surface area contributed by atoms with Crippen LogP contribution in [0, 0.1) is 0 Å². The summed E-state index contributed by atoms with van der Waals surface area (Å²) in [5.41, 5.74) is 1.75. The minimum absolute atomic E-state index is 0.0293. The molecule has 6 nitrogen and oxygen atoms in total. The summed E-state index contributed by atoms with van der Waals surface area (Å²) < 4.78 is 2.19. The van der Waals surface area contributed by atoms with Crippen molar-refractivity contribution in [3.63, 3.8) is 0 Å². The summed E-state index contributed by atoms with van der Waals surface area (Å²) >= 11 is 6.09. The molecule has 2 aromatic rings. The van der Waals surface area contributed by atoms with E-state index in [1.54, 1.807) is 4.90 Å². The van der Waals surface area contributed by atoms with Crippen molar-refractivity contribution < 1.29 is 9.59 Å². The predicted octanol–water partition coefficient (Wildman–Crippen LogP) is 4.05. The number of nitrogens with one attached hydrogen (secondary N) is 1. The summed E-state index contributed by atoms with van der Waals surface area (Å²) in [6.07, 6.45) is 3.95. The van der Waals surface area contributed by atoms with Gasteiger partial charge in [-0.05, 0) is 63.4 Å². The highest BCUT2D eigenvalue weighted by molar-refractivity contribution is 6.30. The molecular weight excluding hydrogens is 400 g/mol. The standard InChI is InChI=1S/C23H29ClN4O2/c1-23(2,3)25-22(30)28(18-10-11-18)15-20(29)27-14-13-26-12-4-5-19(26)21(27)16-6-8-17(24)9-7-16/h4-9,12,18,21H,10-11,13-15H2,1-3H3,(H,25,30)/t21-/m0/s1. The van der Waals surface area contributed by atoms with Gasteiger partial charge < -0.3 is 19.7 Å². The van der Waals surface area contributed by atoms with Gasteiger partial charge in [0.05, 0.1) is 6.04 Å². The molecule has 7 heteroatoms. The van der Waals surface area contributed by atoms with Gasteiger partial charge in [-0.25, -0.2) is 4.79 Å². The number of hydrogen-bond donors (Lipinski definition) is 1. The topological polar surface area (TPSA) is 57.6 Å². The summed E-state index contributed by atoms with van der Waals surface area (Å²) in [6, 6.07) is 11.5. The fourth-order valence-corrected chi connectivity index (χ4v) is 4.16. The molecule has 1 aliphatic heterocycles. The minimum atomic E-state index is -0.342. The van der Waals surface area contributed by atoms with Crippen molar-refractivity contribution >= 4 is 23.5 Å². The number of urea groups is 1. The monoisotopic (exact) mass is 428 g/mol. The van der Waals surface area contributed by atoms with Gasteiger partial charge in [0.25, 0.3) is 0 Å². The molecule has 1 saturated carbocycles. The van der Waals surface area contributed by atoms with Crippen molar-refractivity contribution in [2.75, 3.05) is 13.1 Å². The lowest BCUT2D eigenvalue weighted by atomic mass is 10.00. The average Bonchev–Trinajstić information content (AvgIpc) is 3.40. The maximum atomic E-state index is 13.5. The molecule has 30 heavy (non-hydrogen) atoms. The fourth-order valence-electron chi connectivity index (χ4n) is 4.03. The first-order valence-corrected chi connectivity index (χ1v) is 10.9. The summed E-state index contributed by atoms with van der Waals surface area (Å²) in [7, 11) is 0. The molecule has 0 radical (unpaired) electrons. The summed E-state index contributed by atoms with van der Waals surface area (Å²) in [5.74, 6) is -0.0293. The van der Waals surface area contributed by atoms with E-state index in [0.717, 1.165) is 30.6 Å². The second-order valence-corrected chi connectivity index (χ2v) is 9.64. The number of nitrogens with zero attached hydrogens (tertiary/aromatic N) is 3. The molecule has 2 aliphatic rings. The Bertz CT molecular complexity index is 927. The highest BCUT2D eigenvalue weighted by atomic mass is 35.5. The Labute approximate surface area is 182 Å². The van der Waals surface area contributed by atoms with Crippen LogP contribution in [0.5, 0.6) is 0 Å².